The summed E-state index contributed by atoms with van der Waals surface area (Å²) < 4.78 is 26.3. The van der Waals surface area contributed by atoms with Crippen molar-refractivity contribution < 1.29 is 8.78 Å². The molecule has 1 unspecified atom stereocenters. The van der Waals surface area contributed by atoms with E-state index in [4.69, 9.17) is 5.73 Å². The first-order valence-electron chi connectivity index (χ1n) is 5.08. The van der Waals surface area contributed by atoms with Gasteiger partial charge in [-0.1, -0.05) is 6.07 Å². The van der Waals surface area contributed by atoms with Gasteiger partial charge in [-0.25, -0.2) is 18.7 Å². The van der Waals surface area contributed by atoms with Gasteiger partial charge in [0.1, 0.15) is 17.5 Å². The number of hydrogen-bond acceptors (Lipinski definition) is 3. The summed E-state index contributed by atoms with van der Waals surface area (Å²) in [5, 5.41) is 0. The van der Waals surface area contributed by atoms with E-state index < -0.39 is 17.7 Å². The quantitative estimate of drug-likeness (QED) is 0.867. The molecule has 0 aliphatic rings. The van der Waals surface area contributed by atoms with E-state index in [0.29, 0.717) is 11.5 Å². The molecule has 5 heteroatoms. The van der Waals surface area contributed by atoms with E-state index in [0.717, 1.165) is 6.07 Å². The molecule has 0 spiro atoms. The third-order valence-electron chi connectivity index (χ3n) is 2.41. The van der Waals surface area contributed by atoms with Crippen molar-refractivity contribution >= 4 is 0 Å². The molecule has 0 bridgehead atoms. The van der Waals surface area contributed by atoms with Gasteiger partial charge in [0.15, 0.2) is 0 Å². The van der Waals surface area contributed by atoms with Gasteiger partial charge in [-0.05, 0) is 19.1 Å². The Kier molecular flexibility index (Phi) is 3.10. The number of halogens is 2. The Bertz CT molecular complexity index is 543. The Morgan fingerprint density at radius 3 is 2.65 bits per heavy atom. The van der Waals surface area contributed by atoms with Crippen molar-refractivity contribution in [1.82, 2.24) is 9.97 Å². The van der Waals surface area contributed by atoms with Crippen molar-refractivity contribution in [3.63, 3.8) is 0 Å². The molecule has 0 aliphatic heterocycles. The molecule has 17 heavy (non-hydrogen) atoms. The number of aromatic nitrogens is 2. The summed E-state index contributed by atoms with van der Waals surface area (Å²) in [4.78, 5) is 8.05. The number of nitrogens with zero attached hydrogens (tertiary/aromatic N) is 2. The fourth-order valence-electron chi connectivity index (χ4n) is 1.56. The van der Waals surface area contributed by atoms with Crippen molar-refractivity contribution in [2.45, 2.75) is 13.0 Å². The summed E-state index contributed by atoms with van der Waals surface area (Å²) in [6.45, 7) is 1.72. The van der Waals surface area contributed by atoms with E-state index in [2.05, 4.69) is 9.97 Å². The van der Waals surface area contributed by atoms with Gasteiger partial charge in [0.2, 0.25) is 0 Å². The highest BCUT2D eigenvalue weighted by atomic mass is 19.1. The molecule has 0 saturated carbocycles. The van der Waals surface area contributed by atoms with Crippen LogP contribution in [0.25, 0.3) is 0 Å². The molecule has 1 aromatic heterocycles. The highest BCUT2D eigenvalue weighted by Gasteiger charge is 2.15. The normalized spacial score (nSPS) is 12.5. The van der Waals surface area contributed by atoms with Crippen LogP contribution in [0.15, 0.2) is 30.5 Å². The smallest absolute Gasteiger partial charge is 0.131 e. The fraction of sp³-hybridized carbons (Fsp3) is 0.167. The molecule has 2 rings (SSSR count). The number of hydrogen-bond donors (Lipinski definition) is 1. The SMILES string of the molecule is Cc1nccc(C(N)c2ccc(F)cc2F)n1. The molecule has 0 aliphatic carbocycles. The number of rotatable bonds is 2. The van der Waals surface area contributed by atoms with Crippen molar-refractivity contribution in [1.29, 1.82) is 0 Å². The minimum Gasteiger partial charge on any atom is -0.319 e. The van der Waals surface area contributed by atoms with Crippen LogP contribution in [0.4, 0.5) is 8.78 Å². The monoisotopic (exact) mass is 235 g/mol. The molecule has 2 N–H and O–H groups in total. The lowest BCUT2D eigenvalue weighted by molar-refractivity contribution is 0.564. The van der Waals surface area contributed by atoms with Gasteiger partial charge in [-0.15, -0.1) is 0 Å². The first kappa shape index (κ1) is 11.6. The minimum atomic E-state index is -0.725. The first-order chi connectivity index (χ1) is 8.08. The van der Waals surface area contributed by atoms with E-state index in [-0.39, 0.29) is 5.56 Å². The third-order valence-corrected chi connectivity index (χ3v) is 2.41. The molecule has 2 aromatic rings. The Hall–Kier alpha value is -1.88. The molecule has 1 atom stereocenters. The molecule has 1 heterocycles. The lowest BCUT2D eigenvalue weighted by atomic mass is 10.0. The molecular weight excluding hydrogens is 224 g/mol. The Balaban J connectivity index is 2.40. The first-order valence-corrected chi connectivity index (χ1v) is 5.08. The van der Waals surface area contributed by atoms with Gasteiger partial charge in [-0.3, -0.25) is 0 Å². The van der Waals surface area contributed by atoms with Crippen LogP contribution < -0.4 is 5.73 Å². The van der Waals surface area contributed by atoms with Crippen LogP contribution in [0.3, 0.4) is 0 Å². The second kappa shape index (κ2) is 4.55. The molecular formula is C12H11F2N3. The van der Waals surface area contributed by atoms with E-state index in [1.807, 2.05) is 0 Å². The maximum atomic E-state index is 13.5. The van der Waals surface area contributed by atoms with Crippen molar-refractivity contribution in [2.75, 3.05) is 0 Å². The summed E-state index contributed by atoms with van der Waals surface area (Å²) in [5.74, 6) is -0.744. The summed E-state index contributed by atoms with van der Waals surface area (Å²) in [5.41, 5.74) is 6.60. The number of nitrogens with two attached hydrogens (primary N) is 1. The lowest BCUT2D eigenvalue weighted by Crippen LogP contribution is -2.16. The van der Waals surface area contributed by atoms with Gasteiger partial charge in [0.05, 0.1) is 11.7 Å². The van der Waals surface area contributed by atoms with Crippen LogP contribution in [-0.4, -0.2) is 9.97 Å². The zero-order chi connectivity index (χ0) is 12.4. The predicted molar refractivity (Wildman–Crippen MR) is 59.2 cm³/mol. The van der Waals surface area contributed by atoms with Crippen LogP contribution >= 0.6 is 0 Å². The minimum absolute atomic E-state index is 0.213. The van der Waals surface area contributed by atoms with Gasteiger partial charge >= 0.3 is 0 Å². The number of aryl methyl sites for hydroxylation is 1. The second-order valence-corrected chi connectivity index (χ2v) is 3.67. The topological polar surface area (TPSA) is 51.8 Å². The average molecular weight is 235 g/mol. The molecule has 0 radical (unpaired) electrons. The average Bonchev–Trinajstić information content (AvgIpc) is 2.28. The highest BCUT2D eigenvalue weighted by molar-refractivity contribution is 5.28. The largest absolute Gasteiger partial charge is 0.319 e. The number of benzene rings is 1. The van der Waals surface area contributed by atoms with Crippen LogP contribution in [0.5, 0.6) is 0 Å². The molecule has 3 nitrogen and oxygen atoms in total. The summed E-state index contributed by atoms with van der Waals surface area (Å²) in [7, 11) is 0. The second-order valence-electron chi connectivity index (χ2n) is 3.67. The summed E-state index contributed by atoms with van der Waals surface area (Å²) in [6, 6.07) is 4.19. The predicted octanol–water partition coefficient (Wildman–Crippen LogP) is 2.11. The van der Waals surface area contributed by atoms with E-state index in [1.54, 1.807) is 19.2 Å². The molecule has 0 amide bonds. The zero-order valence-electron chi connectivity index (χ0n) is 9.19. The Morgan fingerprint density at radius 2 is 2.00 bits per heavy atom. The van der Waals surface area contributed by atoms with Crippen LogP contribution in [0, 0.1) is 18.6 Å². The summed E-state index contributed by atoms with van der Waals surface area (Å²) in [6.07, 6.45) is 1.55. The van der Waals surface area contributed by atoms with Crippen LogP contribution in [0.1, 0.15) is 23.1 Å². The van der Waals surface area contributed by atoms with Crippen LogP contribution in [0.2, 0.25) is 0 Å². The molecule has 0 saturated heterocycles. The third kappa shape index (κ3) is 2.45. The van der Waals surface area contributed by atoms with E-state index in [1.165, 1.54) is 12.1 Å². The fourth-order valence-corrected chi connectivity index (χ4v) is 1.56. The van der Waals surface area contributed by atoms with Crippen LogP contribution in [-0.2, 0) is 0 Å². The van der Waals surface area contributed by atoms with E-state index >= 15 is 0 Å². The zero-order valence-corrected chi connectivity index (χ0v) is 9.19. The standard InChI is InChI=1S/C12H11F2N3/c1-7-16-5-4-11(17-7)12(15)9-3-2-8(13)6-10(9)14/h2-6,12H,15H2,1H3. The van der Waals surface area contributed by atoms with Crippen molar-refractivity contribution in [2.24, 2.45) is 5.73 Å². The Morgan fingerprint density at radius 1 is 1.24 bits per heavy atom. The highest BCUT2D eigenvalue weighted by Crippen LogP contribution is 2.21. The van der Waals surface area contributed by atoms with Crippen molar-refractivity contribution in [3.8, 4) is 0 Å². The summed E-state index contributed by atoms with van der Waals surface area (Å²) >= 11 is 0. The van der Waals surface area contributed by atoms with Gasteiger partial charge in [0.25, 0.3) is 0 Å². The lowest BCUT2D eigenvalue weighted by Gasteiger charge is -2.12. The Labute approximate surface area is 97.3 Å². The maximum absolute atomic E-state index is 13.5. The van der Waals surface area contributed by atoms with Gasteiger partial charge < -0.3 is 5.73 Å². The molecule has 88 valence electrons. The van der Waals surface area contributed by atoms with E-state index in [9.17, 15) is 8.78 Å². The van der Waals surface area contributed by atoms with Gasteiger partial charge in [-0.2, -0.15) is 0 Å². The molecule has 0 fully saturated rings. The van der Waals surface area contributed by atoms with Crippen molar-refractivity contribution in [3.05, 3.63) is 59.2 Å². The molecule has 1 aromatic carbocycles. The van der Waals surface area contributed by atoms with Gasteiger partial charge in [0, 0.05) is 17.8 Å². The maximum Gasteiger partial charge on any atom is 0.131 e.